The molecule has 1 aliphatic rings. The summed E-state index contributed by atoms with van der Waals surface area (Å²) in [6, 6.07) is 7.39. The summed E-state index contributed by atoms with van der Waals surface area (Å²) in [6.07, 6.45) is 5.37. The van der Waals surface area contributed by atoms with E-state index in [4.69, 9.17) is 0 Å². The summed E-state index contributed by atoms with van der Waals surface area (Å²) in [4.78, 5) is 14.3. The molecular weight excluding hydrogens is 326 g/mol. The molecule has 0 unspecified atom stereocenters. The third kappa shape index (κ3) is 5.12. The molecular formula is C17H27N3O3S. The van der Waals surface area contributed by atoms with Crippen molar-refractivity contribution in [1.29, 1.82) is 0 Å². The number of hydrogen-bond donors (Lipinski definition) is 1. The van der Waals surface area contributed by atoms with Crippen molar-refractivity contribution in [2.45, 2.75) is 32.6 Å². The number of amides is 1. The highest BCUT2D eigenvalue weighted by Gasteiger charge is 2.21. The molecule has 0 saturated carbocycles. The van der Waals surface area contributed by atoms with Gasteiger partial charge in [0.05, 0.1) is 11.9 Å². The first kappa shape index (κ1) is 18.6. The van der Waals surface area contributed by atoms with Gasteiger partial charge in [0.2, 0.25) is 15.9 Å². The van der Waals surface area contributed by atoms with Crippen LogP contribution in [0, 0.1) is 0 Å². The van der Waals surface area contributed by atoms with Gasteiger partial charge in [-0.25, -0.2) is 8.42 Å². The van der Waals surface area contributed by atoms with Gasteiger partial charge < -0.3 is 10.2 Å². The Morgan fingerprint density at radius 1 is 1.21 bits per heavy atom. The Morgan fingerprint density at radius 3 is 2.38 bits per heavy atom. The lowest BCUT2D eigenvalue weighted by molar-refractivity contribution is -0.119. The molecule has 1 fully saturated rings. The molecule has 1 N–H and O–H groups in total. The zero-order valence-electron chi connectivity index (χ0n) is 14.5. The number of nitrogens with zero attached hydrogens (tertiary/aromatic N) is 2. The first-order chi connectivity index (χ1) is 11.4. The van der Waals surface area contributed by atoms with E-state index in [1.807, 2.05) is 19.1 Å². The van der Waals surface area contributed by atoms with E-state index in [2.05, 4.69) is 10.2 Å². The second-order valence-electron chi connectivity index (χ2n) is 6.18. The van der Waals surface area contributed by atoms with E-state index in [1.54, 1.807) is 12.1 Å². The normalized spacial score (nSPS) is 14.7. The number of hydrogen-bond acceptors (Lipinski definition) is 4. The van der Waals surface area contributed by atoms with Crippen molar-refractivity contribution in [3.05, 3.63) is 24.3 Å². The van der Waals surface area contributed by atoms with E-state index in [1.165, 1.54) is 12.8 Å². The smallest absolute Gasteiger partial charge is 0.240 e. The molecule has 1 aliphatic heterocycles. The highest BCUT2D eigenvalue weighted by Crippen LogP contribution is 2.25. The van der Waals surface area contributed by atoms with E-state index in [0.29, 0.717) is 12.2 Å². The number of benzene rings is 1. The fourth-order valence-corrected chi connectivity index (χ4v) is 3.65. The van der Waals surface area contributed by atoms with Crippen LogP contribution >= 0.6 is 0 Å². The highest BCUT2D eigenvalue weighted by atomic mass is 32.2. The summed E-state index contributed by atoms with van der Waals surface area (Å²) >= 11 is 0. The summed E-state index contributed by atoms with van der Waals surface area (Å²) in [5.74, 6) is -0.280. The molecule has 7 heteroatoms. The molecule has 1 saturated heterocycles. The van der Waals surface area contributed by atoms with Crippen LogP contribution in [-0.2, 0) is 14.8 Å². The number of unbranched alkanes of at least 4 members (excludes halogenated alkanes) is 1. The zero-order valence-corrected chi connectivity index (χ0v) is 15.3. The van der Waals surface area contributed by atoms with Crippen molar-refractivity contribution in [3.63, 3.8) is 0 Å². The molecule has 0 spiro atoms. The van der Waals surface area contributed by atoms with Crippen LogP contribution in [0.25, 0.3) is 0 Å². The Labute approximate surface area is 144 Å². The second kappa shape index (κ2) is 8.37. The first-order valence-corrected chi connectivity index (χ1v) is 10.4. The van der Waals surface area contributed by atoms with Gasteiger partial charge >= 0.3 is 0 Å². The molecule has 6 nitrogen and oxygen atoms in total. The van der Waals surface area contributed by atoms with Crippen LogP contribution in [0.2, 0.25) is 0 Å². The van der Waals surface area contributed by atoms with Crippen molar-refractivity contribution in [2.75, 3.05) is 41.6 Å². The molecule has 0 aliphatic carbocycles. The molecule has 1 aromatic rings. The lowest BCUT2D eigenvalue weighted by atomic mass is 10.2. The lowest BCUT2D eigenvalue weighted by Crippen LogP contribution is -2.40. The molecule has 134 valence electrons. The van der Waals surface area contributed by atoms with Crippen LogP contribution in [0.5, 0.6) is 0 Å². The zero-order chi connectivity index (χ0) is 17.6. The maximum absolute atomic E-state index is 12.1. The Morgan fingerprint density at radius 2 is 1.83 bits per heavy atom. The van der Waals surface area contributed by atoms with Crippen LogP contribution in [0.15, 0.2) is 24.3 Å². The van der Waals surface area contributed by atoms with Gasteiger partial charge in [-0.2, -0.15) is 0 Å². The third-order valence-electron chi connectivity index (χ3n) is 4.15. The molecule has 0 radical (unpaired) electrons. The maximum Gasteiger partial charge on any atom is 0.240 e. The van der Waals surface area contributed by atoms with Crippen molar-refractivity contribution >= 4 is 27.3 Å². The van der Waals surface area contributed by atoms with Crippen molar-refractivity contribution in [1.82, 2.24) is 5.32 Å². The van der Waals surface area contributed by atoms with E-state index < -0.39 is 10.0 Å². The number of anilines is 2. The minimum Gasteiger partial charge on any atom is -0.372 e. The molecule has 1 heterocycles. The minimum absolute atomic E-state index is 0.189. The Bertz CT molecular complexity index is 638. The van der Waals surface area contributed by atoms with Crippen molar-refractivity contribution in [2.24, 2.45) is 0 Å². The van der Waals surface area contributed by atoms with Gasteiger partial charge in [-0.3, -0.25) is 9.10 Å². The average Bonchev–Trinajstić information content (AvgIpc) is 3.06. The predicted octanol–water partition coefficient (Wildman–Crippen LogP) is 1.97. The van der Waals surface area contributed by atoms with E-state index in [9.17, 15) is 13.2 Å². The summed E-state index contributed by atoms with van der Waals surface area (Å²) in [7, 11) is -3.52. The molecule has 24 heavy (non-hydrogen) atoms. The van der Waals surface area contributed by atoms with Gasteiger partial charge in [0.25, 0.3) is 0 Å². The number of rotatable bonds is 8. The fraction of sp³-hybridized carbons (Fsp3) is 0.588. The van der Waals surface area contributed by atoms with Crippen molar-refractivity contribution < 1.29 is 13.2 Å². The van der Waals surface area contributed by atoms with Crippen molar-refractivity contribution in [3.8, 4) is 0 Å². The van der Waals surface area contributed by atoms with Crippen LogP contribution in [0.4, 0.5) is 11.4 Å². The fourth-order valence-electron chi connectivity index (χ4n) is 2.80. The Balaban J connectivity index is 2.08. The van der Waals surface area contributed by atoms with E-state index in [-0.39, 0.29) is 12.5 Å². The Hall–Kier alpha value is -1.76. The highest BCUT2D eigenvalue weighted by molar-refractivity contribution is 7.92. The average molecular weight is 353 g/mol. The monoisotopic (exact) mass is 353 g/mol. The van der Waals surface area contributed by atoms with Gasteiger partial charge in [0, 0.05) is 25.3 Å². The van der Waals surface area contributed by atoms with E-state index >= 15 is 0 Å². The number of carbonyl (C=O) groups excluding carboxylic acids is 1. The predicted molar refractivity (Wildman–Crippen MR) is 98.0 cm³/mol. The second-order valence-corrected chi connectivity index (χ2v) is 8.09. The summed E-state index contributed by atoms with van der Waals surface area (Å²) in [6.45, 7) is 4.49. The molecule has 1 amide bonds. The number of carbonyl (C=O) groups is 1. The Kier molecular flexibility index (Phi) is 6.48. The standard InChI is InChI=1S/C17H27N3O3S/c1-3-4-11-18-17(21)14-20(24(2,22)23)16-9-7-15(8-10-16)19-12-5-6-13-19/h7-10H,3-6,11-14H2,1-2H3,(H,18,21). The van der Waals surface area contributed by atoms with Crippen LogP contribution in [0.1, 0.15) is 32.6 Å². The van der Waals surface area contributed by atoms with Gasteiger partial charge in [-0.05, 0) is 43.5 Å². The van der Waals surface area contributed by atoms with Gasteiger partial charge in [0.1, 0.15) is 6.54 Å². The molecule has 0 aromatic heterocycles. The lowest BCUT2D eigenvalue weighted by Gasteiger charge is -2.23. The first-order valence-electron chi connectivity index (χ1n) is 8.51. The molecule has 1 aromatic carbocycles. The van der Waals surface area contributed by atoms with Crippen LogP contribution < -0.4 is 14.5 Å². The summed E-state index contributed by atoms with van der Waals surface area (Å²) < 4.78 is 25.3. The quantitative estimate of drug-likeness (QED) is 0.726. The SMILES string of the molecule is CCCCNC(=O)CN(c1ccc(N2CCCC2)cc1)S(C)(=O)=O. The summed E-state index contributed by atoms with van der Waals surface area (Å²) in [5.41, 5.74) is 1.61. The largest absolute Gasteiger partial charge is 0.372 e. The molecule has 2 rings (SSSR count). The van der Waals surface area contributed by atoms with Crippen LogP contribution in [-0.4, -0.2) is 46.8 Å². The third-order valence-corrected chi connectivity index (χ3v) is 5.29. The number of nitrogens with one attached hydrogen (secondary N) is 1. The molecule has 0 atom stereocenters. The van der Waals surface area contributed by atoms with Gasteiger partial charge in [-0.1, -0.05) is 13.3 Å². The maximum atomic E-state index is 12.1. The number of sulfonamides is 1. The minimum atomic E-state index is -3.52. The molecule has 0 bridgehead atoms. The van der Waals surface area contributed by atoms with Gasteiger partial charge in [-0.15, -0.1) is 0 Å². The summed E-state index contributed by atoms with van der Waals surface area (Å²) in [5, 5.41) is 2.76. The topological polar surface area (TPSA) is 69.7 Å². The van der Waals surface area contributed by atoms with E-state index in [0.717, 1.165) is 42.2 Å². The van der Waals surface area contributed by atoms with Crippen LogP contribution in [0.3, 0.4) is 0 Å². The van der Waals surface area contributed by atoms with Gasteiger partial charge in [0.15, 0.2) is 0 Å².